The van der Waals surface area contributed by atoms with Crippen molar-refractivity contribution >= 4 is 11.5 Å². The van der Waals surface area contributed by atoms with E-state index in [9.17, 15) is 0 Å². The van der Waals surface area contributed by atoms with Crippen molar-refractivity contribution in [3.8, 4) is 16.9 Å². The molecule has 0 bridgehead atoms. The van der Waals surface area contributed by atoms with Gasteiger partial charge in [0.2, 0.25) is 0 Å². The van der Waals surface area contributed by atoms with Crippen LogP contribution in [0.4, 0.5) is 11.5 Å². The lowest BCUT2D eigenvalue weighted by atomic mass is 10.2. The Balaban J connectivity index is 1.38. The number of ether oxygens (including phenoxy) is 1. The zero-order valence-electron chi connectivity index (χ0n) is 16.0. The van der Waals surface area contributed by atoms with Gasteiger partial charge in [0.05, 0.1) is 30.8 Å². The van der Waals surface area contributed by atoms with Crippen molar-refractivity contribution in [1.82, 2.24) is 14.8 Å². The lowest BCUT2D eigenvalue weighted by Gasteiger charge is -2.28. The lowest BCUT2D eigenvalue weighted by molar-refractivity contribution is 0.122. The number of hydrogen-bond acceptors (Lipinski definition) is 5. The lowest BCUT2D eigenvalue weighted by Crippen LogP contribution is -2.36. The van der Waals surface area contributed by atoms with Crippen molar-refractivity contribution in [3.63, 3.8) is 0 Å². The van der Waals surface area contributed by atoms with Crippen LogP contribution in [0.5, 0.6) is 0 Å². The second kappa shape index (κ2) is 7.64. The van der Waals surface area contributed by atoms with Crippen LogP contribution >= 0.6 is 0 Å². The van der Waals surface area contributed by atoms with Crippen LogP contribution in [0.3, 0.4) is 0 Å². The van der Waals surface area contributed by atoms with E-state index in [4.69, 9.17) is 9.72 Å². The molecule has 28 heavy (non-hydrogen) atoms. The average molecular weight is 375 g/mol. The molecule has 2 aliphatic heterocycles. The third-order valence-electron chi connectivity index (χ3n) is 5.59. The van der Waals surface area contributed by atoms with Crippen molar-refractivity contribution in [2.24, 2.45) is 0 Å². The van der Waals surface area contributed by atoms with Gasteiger partial charge in [0.1, 0.15) is 5.82 Å². The molecule has 0 aliphatic carbocycles. The molecule has 2 saturated heterocycles. The minimum absolute atomic E-state index is 0.797. The van der Waals surface area contributed by atoms with Gasteiger partial charge in [-0.2, -0.15) is 5.10 Å². The van der Waals surface area contributed by atoms with Crippen molar-refractivity contribution in [3.05, 3.63) is 54.9 Å². The van der Waals surface area contributed by atoms with E-state index in [1.165, 1.54) is 18.5 Å². The summed E-state index contributed by atoms with van der Waals surface area (Å²) in [7, 11) is 0. The molecule has 0 N–H and O–H groups in total. The van der Waals surface area contributed by atoms with Crippen molar-refractivity contribution in [2.45, 2.75) is 12.8 Å². The third-order valence-corrected chi connectivity index (χ3v) is 5.59. The molecule has 0 radical (unpaired) electrons. The van der Waals surface area contributed by atoms with Gasteiger partial charge < -0.3 is 14.5 Å². The molecular weight excluding hydrogens is 350 g/mol. The third kappa shape index (κ3) is 3.36. The summed E-state index contributed by atoms with van der Waals surface area (Å²) in [6.07, 6.45) is 6.33. The van der Waals surface area contributed by atoms with E-state index in [2.05, 4.69) is 51.3 Å². The summed E-state index contributed by atoms with van der Waals surface area (Å²) in [6.45, 7) is 5.71. The predicted octanol–water partition coefficient (Wildman–Crippen LogP) is 3.37. The monoisotopic (exact) mass is 375 g/mol. The minimum Gasteiger partial charge on any atom is -0.378 e. The zero-order chi connectivity index (χ0) is 18.8. The van der Waals surface area contributed by atoms with E-state index < -0.39 is 0 Å². The van der Waals surface area contributed by atoms with Gasteiger partial charge in [-0.15, -0.1) is 0 Å². The van der Waals surface area contributed by atoms with Gasteiger partial charge in [-0.25, -0.2) is 9.67 Å². The molecule has 0 spiro atoms. The van der Waals surface area contributed by atoms with Crippen LogP contribution in [0.2, 0.25) is 0 Å². The SMILES string of the molecule is c1cc(-c2ccc(N3CCCC3)nc2)n(-c2ccc(N3CCOCC3)cc2)n1. The number of rotatable bonds is 4. The maximum absolute atomic E-state index is 5.44. The molecular formula is C22H25N5O. The fourth-order valence-corrected chi connectivity index (χ4v) is 4.02. The highest BCUT2D eigenvalue weighted by molar-refractivity contribution is 5.63. The summed E-state index contributed by atoms with van der Waals surface area (Å²) in [5.74, 6) is 1.07. The summed E-state index contributed by atoms with van der Waals surface area (Å²) in [6, 6.07) is 14.9. The predicted molar refractivity (Wildman–Crippen MR) is 111 cm³/mol. The van der Waals surface area contributed by atoms with E-state index in [1.54, 1.807) is 0 Å². The first-order valence-electron chi connectivity index (χ1n) is 10.1. The van der Waals surface area contributed by atoms with E-state index in [1.807, 2.05) is 23.1 Å². The van der Waals surface area contributed by atoms with Crippen molar-refractivity contribution < 1.29 is 4.74 Å². The summed E-state index contributed by atoms with van der Waals surface area (Å²) < 4.78 is 7.43. The first-order valence-corrected chi connectivity index (χ1v) is 10.1. The van der Waals surface area contributed by atoms with Gasteiger partial charge in [0.25, 0.3) is 0 Å². The Morgan fingerprint density at radius 1 is 0.750 bits per heavy atom. The van der Waals surface area contributed by atoms with Gasteiger partial charge in [0, 0.05) is 43.6 Å². The Hall–Kier alpha value is -2.86. The maximum Gasteiger partial charge on any atom is 0.128 e. The molecule has 1 aromatic carbocycles. The number of anilines is 2. The Labute approximate surface area is 165 Å². The van der Waals surface area contributed by atoms with E-state index in [0.29, 0.717) is 0 Å². The molecule has 5 rings (SSSR count). The fraction of sp³-hybridized carbons (Fsp3) is 0.364. The number of morpholine rings is 1. The normalized spacial score (nSPS) is 17.3. The molecule has 4 heterocycles. The topological polar surface area (TPSA) is 46.4 Å². The minimum atomic E-state index is 0.797. The smallest absolute Gasteiger partial charge is 0.128 e. The molecule has 3 aromatic rings. The van der Waals surface area contributed by atoms with Crippen LogP contribution in [-0.4, -0.2) is 54.2 Å². The van der Waals surface area contributed by atoms with Crippen LogP contribution in [-0.2, 0) is 4.74 Å². The molecule has 0 saturated carbocycles. The fourth-order valence-electron chi connectivity index (χ4n) is 4.02. The Morgan fingerprint density at radius 3 is 2.21 bits per heavy atom. The molecule has 0 atom stereocenters. The highest BCUT2D eigenvalue weighted by Crippen LogP contribution is 2.26. The first-order chi connectivity index (χ1) is 13.9. The average Bonchev–Trinajstić information content (AvgIpc) is 3.47. The van der Waals surface area contributed by atoms with Gasteiger partial charge in [-0.05, 0) is 55.3 Å². The Morgan fingerprint density at radius 2 is 1.50 bits per heavy atom. The molecule has 144 valence electrons. The van der Waals surface area contributed by atoms with Crippen LogP contribution in [0, 0.1) is 0 Å². The molecule has 0 unspecified atom stereocenters. The Bertz CT molecular complexity index is 907. The first kappa shape index (κ1) is 17.3. The summed E-state index contributed by atoms with van der Waals surface area (Å²) >= 11 is 0. The van der Waals surface area contributed by atoms with Crippen LogP contribution in [0.15, 0.2) is 54.9 Å². The number of nitrogens with zero attached hydrogens (tertiary/aromatic N) is 5. The highest BCUT2D eigenvalue weighted by Gasteiger charge is 2.15. The number of aromatic nitrogens is 3. The van der Waals surface area contributed by atoms with E-state index >= 15 is 0 Å². The molecule has 2 aromatic heterocycles. The second-order valence-electron chi connectivity index (χ2n) is 7.34. The van der Waals surface area contributed by atoms with Gasteiger partial charge in [-0.1, -0.05) is 0 Å². The number of pyridine rings is 1. The van der Waals surface area contributed by atoms with Gasteiger partial charge in [0.15, 0.2) is 0 Å². The van der Waals surface area contributed by atoms with Gasteiger partial charge in [-0.3, -0.25) is 0 Å². The largest absolute Gasteiger partial charge is 0.378 e. The Kier molecular flexibility index (Phi) is 4.71. The molecule has 2 aliphatic rings. The van der Waals surface area contributed by atoms with Crippen LogP contribution < -0.4 is 9.80 Å². The summed E-state index contributed by atoms with van der Waals surface area (Å²) in [5.41, 5.74) is 4.43. The van der Waals surface area contributed by atoms with Crippen LogP contribution in [0.1, 0.15) is 12.8 Å². The molecule has 2 fully saturated rings. The molecule has 6 heteroatoms. The number of benzene rings is 1. The standard InChI is InChI=1S/C22H25N5O/c1-2-12-26(11-1)22-8-3-18(17-23-22)21-9-10-24-27(21)20-6-4-19(5-7-20)25-13-15-28-16-14-25/h3-10,17H,1-2,11-16H2. The second-order valence-corrected chi connectivity index (χ2v) is 7.34. The maximum atomic E-state index is 5.44. The molecule has 0 amide bonds. The molecule has 6 nitrogen and oxygen atoms in total. The van der Waals surface area contributed by atoms with Crippen molar-refractivity contribution in [2.75, 3.05) is 49.2 Å². The van der Waals surface area contributed by atoms with Crippen molar-refractivity contribution in [1.29, 1.82) is 0 Å². The van der Waals surface area contributed by atoms with E-state index in [-0.39, 0.29) is 0 Å². The highest BCUT2D eigenvalue weighted by atomic mass is 16.5. The van der Waals surface area contributed by atoms with E-state index in [0.717, 1.165) is 62.2 Å². The van der Waals surface area contributed by atoms with Gasteiger partial charge >= 0.3 is 0 Å². The summed E-state index contributed by atoms with van der Waals surface area (Å²) in [5, 5.41) is 4.55. The quantitative estimate of drug-likeness (QED) is 0.700. The number of hydrogen-bond donors (Lipinski definition) is 0. The van der Waals surface area contributed by atoms with Crippen LogP contribution in [0.25, 0.3) is 16.9 Å². The zero-order valence-corrected chi connectivity index (χ0v) is 16.0. The summed E-state index contributed by atoms with van der Waals surface area (Å²) in [4.78, 5) is 9.41.